The van der Waals surface area contributed by atoms with Crippen LogP contribution in [0.1, 0.15) is 10.4 Å². The molecule has 0 aromatic carbocycles. The number of anilines is 1. The third-order valence-electron chi connectivity index (χ3n) is 3.50. The molecule has 22 heavy (non-hydrogen) atoms. The Bertz CT molecular complexity index is 453. The lowest BCUT2D eigenvalue weighted by Gasteiger charge is -2.33. The zero-order chi connectivity index (χ0) is 14.4. The van der Waals surface area contributed by atoms with E-state index in [9.17, 15) is 4.79 Å². The van der Waals surface area contributed by atoms with E-state index in [0.29, 0.717) is 12.1 Å². The quantitative estimate of drug-likeness (QED) is 0.763. The first-order chi connectivity index (χ1) is 9.70. The summed E-state index contributed by atoms with van der Waals surface area (Å²) in [6.07, 6.45) is 1.71. The number of carbonyl (C=O) groups is 1. The van der Waals surface area contributed by atoms with Gasteiger partial charge in [0.2, 0.25) is 0 Å². The van der Waals surface area contributed by atoms with E-state index >= 15 is 0 Å². The molecule has 0 radical (unpaired) electrons. The van der Waals surface area contributed by atoms with Gasteiger partial charge in [-0.3, -0.25) is 4.79 Å². The summed E-state index contributed by atoms with van der Waals surface area (Å²) in [7, 11) is 3.99. The number of nitrogens with zero attached hydrogens (tertiary/aromatic N) is 3. The van der Waals surface area contributed by atoms with Crippen LogP contribution in [0, 0.1) is 0 Å². The van der Waals surface area contributed by atoms with Gasteiger partial charge in [0.05, 0.1) is 0 Å². The van der Waals surface area contributed by atoms with Gasteiger partial charge in [0, 0.05) is 51.0 Å². The maximum Gasteiger partial charge on any atom is 0.251 e. The van der Waals surface area contributed by atoms with Crippen LogP contribution >= 0.6 is 24.8 Å². The van der Waals surface area contributed by atoms with Crippen molar-refractivity contribution in [2.75, 3.05) is 58.3 Å². The molecule has 0 saturated carbocycles. The lowest BCUT2D eigenvalue weighted by Crippen LogP contribution is -2.44. The van der Waals surface area contributed by atoms with Crippen molar-refractivity contribution in [2.24, 2.45) is 0 Å². The summed E-state index contributed by atoms with van der Waals surface area (Å²) in [5, 5.41) is 5.88. The average Bonchev–Trinajstić information content (AvgIpc) is 2.48. The summed E-state index contributed by atoms with van der Waals surface area (Å²) in [5.74, 6) is 0.845. The van der Waals surface area contributed by atoms with Crippen LogP contribution in [-0.4, -0.2) is 69.2 Å². The maximum absolute atomic E-state index is 12.0. The first-order valence-electron chi connectivity index (χ1n) is 7.03. The molecule has 1 aliphatic heterocycles. The number of carbonyl (C=O) groups excluding carboxylic acids is 1. The van der Waals surface area contributed by atoms with Gasteiger partial charge in [-0.25, -0.2) is 4.98 Å². The van der Waals surface area contributed by atoms with Crippen molar-refractivity contribution in [3.63, 3.8) is 0 Å². The molecule has 1 fully saturated rings. The molecule has 1 saturated heterocycles. The number of amides is 1. The molecule has 0 aliphatic carbocycles. The number of aromatic nitrogens is 1. The summed E-state index contributed by atoms with van der Waals surface area (Å²) in [6.45, 7) is 5.35. The van der Waals surface area contributed by atoms with E-state index in [-0.39, 0.29) is 30.7 Å². The first kappa shape index (κ1) is 20.9. The lowest BCUT2D eigenvalue weighted by molar-refractivity contribution is 0.0954. The van der Waals surface area contributed by atoms with Crippen LogP contribution in [0.2, 0.25) is 0 Å². The number of piperazine rings is 1. The zero-order valence-electron chi connectivity index (χ0n) is 13.0. The lowest BCUT2D eigenvalue weighted by atomic mass is 10.2. The molecule has 2 heterocycles. The smallest absolute Gasteiger partial charge is 0.251 e. The molecule has 1 aromatic heterocycles. The van der Waals surface area contributed by atoms with E-state index < -0.39 is 0 Å². The molecular formula is C14H25Cl2N5O. The minimum atomic E-state index is -0.0435. The Labute approximate surface area is 144 Å². The molecule has 1 aliphatic rings. The molecule has 1 amide bonds. The summed E-state index contributed by atoms with van der Waals surface area (Å²) in [6, 6.07) is 3.63. The van der Waals surface area contributed by atoms with Gasteiger partial charge in [-0.1, -0.05) is 0 Å². The predicted molar refractivity (Wildman–Crippen MR) is 94.7 cm³/mol. The van der Waals surface area contributed by atoms with E-state index in [4.69, 9.17) is 0 Å². The summed E-state index contributed by atoms with van der Waals surface area (Å²) in [4.78, 5) is 20.9. The molecule has 2 N–H and O–H groups in total. The van der Waals surface area contributed by atoms with Crippen LogP contribution < -0.4 is 15.5 Å². The van der Waals surface area contributed by atoms with Crippen LogP contribution in [0.3, 0.4) is 0 Å². The van der Waals surface area contributed by atoms with Crippen LogP contribution in [0.4, 0.5) is 5.82 Å². The maximum atomic E-state index is 12.0. The van der Waals surface area contributed by atoms with Crippen molar-refractivity contribution < 1.29 is 4.79 Å². The minimum absolute atomic E-state index is 0. The van der Waals surface area contributed by atoms with Crippen molar-refractivity contribution in [3.05, 3.63) is 23.9 Å². The van der Waals surface area contributed by atoms with Crippen molar-refractivity contribution in [2.45, 2.75) is 0 Å². The van der Waals surface area contributed by atoms with Crippen molar-refractivity contribution in [1.29, 1.82) is 0 Å². The van der Waals surface area contributed by atoms with Crippen LogP contribution in [0.15, 0.2) is 18.3 Å². The summed E-state index contributed by atoms with van der Waals surface area (Å²) >= 11 is 0. The highest BCUT2D eigenvalue weighted by atomic mass is 35.5. The molecule has 126 valence electrons. The fourth-order valence-corrected chi connectivity index (χ4v) is 2.17. The number of pyridine rings is 1. The molecule has 2 rings (SSSR count). The van der Waals surface area contributed by atoms with E-state index in [1.807, 2.05) is 13.1 Å². The SMILES string of the molecule is CNCCNC(=O)c1ccnc(N2CCN(C)CC2)c1.Cl.Cl. The molecule has 1 aromatic rings. The summed E-state index contributed by atoms with van der Waals surface area (Å²) in [5.41, 5.74) is 0.671. The predicted octanol–water partition coefficient (Wildman–Crippen LogP) is 0.626. The van der Waals surface area contributed by atoms with Gasteiger partial charge < -0.3 is 20.4 Å². The standard InChI is InChI=1S/C14H23N5O.2ClH/c1-15-5-6-17-14(20)12-3-4-16-13(11-12)19-9-7-18(2)8-10-19;;/h3-4,11,15H,5-10H2,1-2H3,(H,17,20);2*1H. The zero-order valence-corrected chi connectivity index (χ0v) is 14.7. The second-order valence-corrected chi connectivity index (χ2v) is 5.05. The van der Waals surface area contributed by atoms with Gasteiger partial charge in [-0.2, -0.15) is 0 Å². The molecule has 0 atom stereocenters. The van der Waals surface area contributed by atoms with Crippen LogP contribution in [0.25, 0.3) is 0 Å². The molecule has 0 unspecified atom stereocenters. The fraction of sp³-hybridized carbons (Fsp3) is 0.571. The Morgan fingerprint density at radius 1 is 1.23 bits per heavy atom. The molecule has 8 heteroatoms. The highest BCUT2D eigenvalue weighted by molar-refractivity contribution is 5.94. The van der Waals surface area contributed by atoms with Crippen molar-refractivity contribution in [1.82, 2.24) is 20.5 Å². The van der Waals surface area contributed by atoms with E-state index in [1.165, 1.54) is 0 Å². The number of rotatable bonds is 5. The first-order valence-corrected chi connectivity index (χ1v) is 7.03. The summed E-state index contributed by atoms with van der Waals surface area (Å²) < 4.78 is 0. The van der Waals surface area contributed by atoms with Crippen LogP contribution in [-0.2, 0) is 0 Å². The average molecular weight is 350 g/mol. The highest BCUT2D eigenvalue weighted by Gasteiger charge is 2.16. The third-order valence-corrected chi connectivity index (χ3v) is 3.50. The normalized spacial score (nSPS) is 14.7. The number of nitrogens with one attached hydrogen (secondary N) is 2. The fourth-order valence-electron chi connectivity index (χ4n) is 2.17. The van der Waals surface area contributed by atoms with E-state index in [1.54, 1.807) is 12.3 Å². The Balaban J connectivity index is 0.00000220. The van der Waals surface area contributed by atoms with Gasteiger partial charge >= 0.3 is 0 Å². The Morgan fingerprint density at radius 3 is 2.55 bits per heavy atom. The number of hydrogen-bond donors (Lipinski definition) is 2. The minimum Gasteiger partial charge on any atom is -0.354 e. The topological polar surface area (TPSA) is 60.5 Å². The Hall–Kier alpha value is -1.08. The third kappa shape index (κ3) is 5.96. The van der Waals surface area contributed by atoms with Crippen molar-refractivity contribution in [3.8, 4) is 0 Å². The van der Waals surface area contributed by atoms with Gasteiger partial charge in [-0.05, 0) is 26.2 Å². The molecule has 0 bridgehead atoms. The van der Waals surface area contributed by atoms with Gasteiger partial charge in [-0.15, -0.1) is 24.8 Å². The molecular weight excluding hydrogens is 325 g/mol. The van der Waals surface area contributed by atoms with Crippen LogP contribution in [0.5, 0.6) is 0 Å². The van der Waals surface area contributed by atoms with E-state index in [0.717, 1.165) is 38.5 Å². The number of likely N-dealkylation sites (N-methyl/N-ethyl adjacent to an activating group) is 2. The Kier molecular flexibility index (Phi) is 10.1. The van der Waals surface area contributed by atoms with Crippen molar-refractivity contribution >= 4 is 36.5 Å². The van der Waals surface area contributed by atoms with E-state index in [2.05, 4.69) is 32.5 Å². The Morgan fingerprint density at radius 2 is 1.91 bits per heavy atom. The molecule has 0 spiro atoms. The number of hydrogen-bond acceptors (Lipinski definition) is 5. The van der Waals surface area contributed by atoms with Gasteiger partial charge in [0.25, 0.3) is 5.91 Å². The second kappa shape index (κ2) is 10.6. The monoisotopic (exact) mass is 349 g/mol. The molecule has 6 nitrogen and oxygen atoms in total. The largest absolute Gasteiger partial charge is 0.354 e. The highest BCUT2D eigenvalue weighted by Crippen LogP contribution is 2.14. The van der Waals surface area contributed by atoms with Gasteiger partial charge in [0.1, 0.15) is 5.82 Å². The number of halogens is 2. The van der Waals surface area contributed by atoms with Gasteiger partial charge in [0.15, 0.2) is 0 Å². The second-order valence-electron chi connectivity index (χ2n) is 5.05.